The fourth-order valence-corrected chi connectivity index (χ4v) is 4.23. The molecule has 0 aliphatic heterocycles. The van der Waals surface area contributed by atoms with Gasteiger partial charge in [-0.3, -0.25) is 8.98 Å². The van der Waals surface area contributed by atoms with E-state index in [4.69, 9.17) is 18.4 Å². The lowest BCUT2D eigenvalue weighted by Gasteiger charge is -2.30. The molecule has 0 bridgehead atoms. The maximum atomic E-state index is 12.5. The molecule has 2 atom stereocenters. The SMILES string of the molecule is CC(=O)NCCCS(=O)(=O)OCC(C)(C)[C@@H](O)C(=O)OC(OC(=O)OC1CCCCC1)C(C)C. The summed E-state index contributed by atoms with van der Waals surface area (Å²) in [5.41, 5.74) is -1.33. The van der Waals surface area contributed by atoms with Crippen molar-refractivity contribution in [3.63, 3.8) is 0 Å². The molecule has 1 saturated carbocycles. The average Bonchev–Trinajstić information content (AvgIpc) is 2.75. The zero-order valence-corrected chi connectivity index (χ0v) is 21.5. The molecule has 11 nitrogen and oxygen atoms in total. The number of esters is 1. The van der Waals surface area contributed by atoms with Gasteiger partial charge in [0.25, 0.3) is 16.4 Å². The van der Waals surface area contributed by atoms with Crippen molar-refractivity contribution in [1.82, 2.24) is 5.32 Å². The molecule has 0 heterocycles. The van der Waals surface area contributed by atoms with Crippen LogP contribution in [-0.4, -0.2) is 69.0 Å². The molecule has 0 saturated heterocycles. The molecule has 1 rings (SSSR count). The summed E-state index contributed by atoms with van der Waals surface area (Å²) in [6, 6.07) is 0. The van der Waals surface area contributed by atoms with Crippen LogP contribution in [0.15, 0.2) is 0 Å². The fraction of sp³-hybridized carbons (Fsp3) is 0.864. The van der Waals surface area contributed by atoms with Crippen molar-refractivity contribution in [2.45, 2.75) is 91.6 Å². The van der Waals surface area contributed by atoms with Gasteiger partial charge in [-0.25, -0.2) is 9.59 Å². The summed E-state index contributed by atoms with van der Waals surface area (Å²) >= 11 is 0. The van der Waals surface area contributed by atoms with Crippen LogP contribution >= 0.6 is 0 Å². The molecule has 1 aliphatic carbocycles. The van der Waals surface area contributed by atoms with E-state index >= 15 is 0 Å². The van der Waals surface area contributed by atoms with Gasteiger partial charge in [0.15, 0.2) is 6.10 Å². The topological polar surface area (TPSA) is 155 Å². The Kier molecular flexibility index (Phi) is 12.3. The summed E-state index contributed by atoms with van der Waals surface area (Å²) in [5.74, 6) is -2.11. The first-order valence-electron chi connectivity index (χ1n) is 11.6. The van der Waals surface area contributed by atoms with Crippen LogP contribution in [0.2, 0.25) is 0 Å². The molecule has 34 heavy (non-hydrogen) atoms. The number of ether oxygens (including phenoxy) is 3. The smallest absolute Gasteiger partial charge is 0.431 e. The number of aliphatic hydroxyl groups excluding tert-OH is 1. The Morgan fingerprint density at radius 1 is 1.09 bits per heavy atom. The summed E-state index contributed by atoms with van der Waals surface area (Å²) < 4.78 is 44.7. The molecular weight excluding hydrogens is 470 g/mol. The summed E-state index contributed by atoms with van der Waals surface area (Å²) in [6.07, 6.45) is 0.480. The van der Waals surface area contributed by atoms with Gasteiger partial charge in [0.2, 0.25) is 5.91 Å². The molecule has 0 aromatic rings. The number of carbonyl (C=O) groups excluding carboxylic acids is 3. The van der Waals surface area contributed by atoms with Crippen LogP contribution in [0, 0.1) is 11.3 Å². The van der Waals surface area contributed by atoms with E-state index in [1.54, 1.807) is 13.8 Å². The Hall–Kier alpha value is -1.92. The second-order valence-electron chi connectivity index (χ2n) is 9.55. The average molecular weight is 510 g/mol. The Morgan fingerprint density at radius 3 is 2.26 bits per heavy atom. The van der Waals surface area contributed by atoms with E-state index in [1.165, 1.54) is 20.8 Å². The van der Waals surface area contributed by atoms with E-state index in [0.717, 1.165) is 32.1 Å². The van der Waals surface area contributed by atoms with Gasteiger partial charge in [-0.05, 0) is 32.1 Å². The summed E-state index contributed by atoms with van der Waals surface area (Å²) in [7, 11) is -3.94. The molecule has 0 aromatic carbocycles. The van der Waals surface area contributed by atoms with E-state index in [-0.39, 0.29) is 30.7 Å². The molecule has 198 valence electrons. The van der Waals surface area contributed by atoms with E-state index in [1.807, 2.05) is 0 Å². The van der Waals surface area contributed by atoms with Gasteiger partial charge in [-0.2, -0.15) is 8.42 Å². The van der Waals surface area contributed by atoms with Crippen molar-refractivity contribution in [3.05, 3.63) is 0 Å². The normalized spacial score (nSPS) is 17.0. The Morgan fingerprint density at radius 2 is 1.71 bits per heavy atom. The van der Waals surface area contributed by atoms with Crippen LogP contribution in [0.5, 0.6) is 0 Å². The highest BCUT2D eigenvalue weighted by atomic mass is 32.2. The Labute approximate surface area is 202 Å². The van der Waals surface area contributed by atoms with Crippen molar-refractivity contribution >= 4 is 28.1 Å². The number of aliphatic hydroxyl groups is 1. The predicted molar refractivity (Wildman–Crippen MR) is 122 cm³/mol. The van der Waals surface area contributed by atoms with Crippen LogP contribution in [0.1, 0.15) is 73.1 Å². The maximum Gasteiger partial charge on any atom is 0.511 e. The van der Waals surface area contributed by atoms with E-state index in [0.29, 0.717) is 0 Å². The minimum absolute atomic E-state index is 0.150. The quantitative estimate of drug-likeness (QED) is 0.163. The molecule has 1 unspecified atom stereocenters. The van der Waals surface area contributed by atoms with Crippen molar-refractivity contribution < 1.29 is 46.3 Å². The highest BCUT2D eigenvalue weighted by Crippen LogP contribution is 2.25. The molecule has 1 fully saturated rings. The van der Waals surface area contributed by atoms with Gasteiger partial charge < -0.3 is 24.6 Å². The predicted octanol–water partition coefficient (Wildman–Crippen LogP) is 2.26. The molecule has 0 aromatic heterocycles. The van der Waals surface area contributed by atoms with Crippen LogP contribution in [0.3, 0.4) is 0 Å². The number of hydrogen-bond donors (Lipinski definition) is 2. The Balaban J connectivity index is 2.58. The maximum absolute atomic E-state index is 12.5. The second kappa shape index (κ2) is 13.8. The summed E-state index contributed by atoms with van der Waals surface area (Å²) in [4.78, 5) is 35.5. The van der Waals surface area contributed by atoms with Crippen LogP contribution in [0.4, 0.5) is 4.79 Å². The molecular formula is C22H39NO10S. The molecule has 12 heteroatoms. The van der Waals surface area contributed by atoms with Gasteiger partial charge in [-0.1, -0.05) is 34.1 Å². The zero-order valence-electron chi connectivity index (χ0n) is 20.7. The van der Waals surface area contributed by atoms with Crippen molar-refractivity contribution in [2.75, 3.05) is 18.9 Å². The lowest BCUT2D eigenvalue weighted by atomic mass is 9.87. The largest absolute Gasteiger partial charge is 0.511 e. The zero-order chi connectivity index (χ0) is 25.9. The summed E-state index contributed by atoms with van der Waals surface area (Å²) in [6.45, 7) is 7.23. The first-order valence-corrected chi connectivity index (χ1v) is 13.2. The standard InChI is InChI=1S/C22H39NO10S/c1-15(2)20(33-21(27)31-17-10-7-6-8-11-17)32-19(26)18(25)22(4,5)14-30-34(28,29)13-9-12-23-16(3)24/h15,17-18,20,25H,6-14H2,1-5H3,(H,23,24)/t18-,20?/m0/s1. The van der Waals surface area contributed by atoms with Gasteiger partial charge in [0.05, 0.1) is 12.4 Å². The highest BCUT2D eigenvalue weighted by Gasteiger charge is 2.39. The number of carbonyl (C=O) groups is 3. The van der Waals surface area contributed by atoms with Crippen LogP contribution < -0.4 is 5.32 Å². The van der Waals surface area contributed by atoms with E-state index < -0.39 is 52.6 Å². The monoisotopic (exact) mass is 509 g/mol. The third-order valence-corrected chi connectivity index (χ3v) is 6.59. The minimum Gasteiger partial charge on any atom is -0.431 e. The van der Waals surface area contributed by atoms with E-state index in [2.05, 4.69) is 5.32 Å². The van der Waals surface area contributed by atoms with Gasteiger partial charge in [-0.15, -0.1) is 0 Å². The lowest BCUT2D eigenvalue weighted by molar-refractivity contribution is -0.195. The fourth-order valence-electron chi connectivity index (χ4n) is 3.13. The number of rotatable bonds is 13. The second-order valence-corrected chi connectivity index (χ2v) is 11.3. The highest BCUT2D eigenvalue weighted by molar-refractivity contribution is 7.86. The van der Waals surface area contributed by atoms with Crippen LogP contribution in [-0.2, 0) is 38.1 Å². The van der Waals surface area contributed by atoms with Gasteiger partial charge >= 0.3 is 12.1 Å². The summed E-state index contributed by atoms with van der Waals surface area (Å²) in [5, 5.41) is 13.0. The van der Waals surface area contributed by atoms with Crippen molar-refractivity contribution in [3.8, 4) is 0 Å². The lowest BCUT2D eigenvalue weighted by Crippen LogP contribution is -2.44. The minimum atomic E-state index is -3.94. The van der Waals surface area contributed by atoms with Crippen molar-refractivity contribution in [1.29, 1.82) is 0 Å². The number of amides is 1. The molecule has 2 N–H and O–H groups in total. The Bertz CT molecular complexity index is 775. The van der Waals surface area contributed by atoms with Gasteiger partial charge in [0, 0.05) is 24.8 Å². The first-order chi connectivity index (χ1) is 15.7. The van der Waals surface area contributed by atoms with Crippen molar-refractivity contribution in [2.24, 2.45) is 11.3 Å². The first kappa shape index (κ1) is 30.1. The van der Waals surface area contributed by atoms with Gasteiger partial charge in [0.1, 0.15) is 6.10 Å². The molecule has 1 aliphatic rings. The van der Waals surface area contributed by atoms with E-state index in [9.17, 15) is 27.9 Å². The molecule has 0 spiro atoms. The molecule has 1 amide bonds. The number of nitrogens with one attached hydrogen (secondary N) is 1. The third-order valence-electron chi connectivity index (χ3n) is 5.32. The molecule has 0 radical (unpaired) electrons. The van der Waals surface area contributed by atoms with Crippen LogP contribution in [0.25, 0.3) is 0 Å². The number of hydrogen-bond acceptors (Lipinski definition) is 10. The third kappa shape index (κ3) is 11.5.